The lowest BCUT2D eigenvalue weighted by atomic mass is 10.2. The minimum Gasteiger partial charge on any atom is -0.494 e. The molecule has 5 heteroatoms. The van der Waals surface area contributed by atoms with E-state index in [1.54, 1.807) is 12.1 Å². The number of hydrogen-bond donors (Lipinski definition) is 1. The lowest BCUT2D eigenvalue weighted by molar-refractivity contribution is 0.386. The monoisotopic (exact) mass is 236 g/mol. The Labute approximate surface area is 97.1 Å². The van der Waals surface area contributed by atoms with Crippen LogP contribution >= 0.6 is 0 Å². The second kappa shape index (κ2) is 4.78. The van der Waals surface area contributed by atoms with Crippen molar-refractivity contribution in [2.24, 2.45) is 0 Å². The molecule has 0 bridgehead atoms. The summed E-state index contributed by atoms with van der Waals surface area (Å²) >= 11 is 0. The summed E-state index contributed by atoms with van der Waals surface area (Å²) in [5.74, 6) is -0.910. The molecule has 1 aromatic heterocycles. The van der Waals surface area contributed by atoms with E-state index in [2.05, 4.69) is 10.3 Å². The fourth-order valence-corrected chi connectivity index (χ4v) is 1.39. The Morgan fingerprint density at radius 1 is 1.12 bits per heavy atom. The van der Waals surface area contributed by atoms with Crippen molar-refractivity contribution in [1.82, 2.24) is 4.98 Å². The van der Waals surface area contributed by atoms with Gasteiger partial charge in [-0.2, -0.15) is 4.39 Å². The molecule has 0 aliphatic heterocycles. The van der Waals surface area contributed by atoms with Crippen LogP contribution in [0.2, 0.25) is 0 Å². The standard InChI is InChI=1S/C12H10F2N2O/c1-17-11-3-2-8(6-10(11)13)16-9-4-5-15-12(14)7-9/h2-7H,1H3,(H,15,16). The number of aromatic nitrogens is 1. The molecule has 1 heterocycles. The highest BCUT2D eigenvalue weighted by Gasteiger charge is 2.04. The molecule has 0 unspecified atom stereocenters. The van der Waals surface area contributed by atoms with Crippen molar-refractivity contribution in [2.75, 3.05) is 12.4 Å². The fourth-order valence-electron chi connectivity index (χ4n) is 1.39. The Balaban J connectivity index is 2.22. The summed E-state index contributed by atoms with van der Waals surface area (Å²) in [4.78, 5) is 3.43. The molecule has 0 aliphatic carbocycles. The van der Waals surface area contributed by atoms with Gasteiger partial charge in [0.25, 0.3) is 0 Å². The molecular formula is C12H10F2N2O. The maximum Gasteiger partial charge on any atom is 0.214 e. The highest BCUT2D eigenvalue weighted by molar-refractivity contribution is 5.59. The summed E-state index contributed by atoms with van der Waals surface area (Å²) in [7, 11) is 1.39. The number of hydrogen-bond acceptors (Lipinski definition) is 3. The zero-order valence-corrected chi connectivity index (χ0v) is 9.08. The Bertz CT molecular complexity index is 532. The number of pyridine rings is 1. The summed E-state index contributed by atoms with van der Waals surface area (Å²) in [5.41, 5.74) is 1.01. The van der Waals surface area contributed by atoms with Gasteiger partial charge in [-0.15, -0.1) is 0 Å². The van der Waals surface area contributed by atoms with E-state index < -0.39 is 11.8 Å². The number of rotatable bonds is 3. The van der Waals surface area contributed by atoms with Crippen LogP contribution in [0.5, 0.6) is 5.75 Å². The lowest BCUT2D eigenvalue weighted by Crippen LogP contribution is -1.94. The van der Waals surface area contributed by atoms with Crippen LogP contribution in [-0.2, 0) is 0 Å². The normalized spacial score (nSPS) is 10.1. The van der Waals surface area contributed by atoms with Gasteiger partial charge in [0.1, 0.15) is 0 Å². The molecule has 3 nitrogen and oxygen atoms in total. The van der Waals surface area contributed by atoms with Crippen LogP contribution in [0.15, 0.2) is 36.5 Å². The molecule has 0 spiro atoms. The second-order valence-corrected chi connectivity index (χ2v) is 3.34. The van der Waals surface area contributed by atoms with E-state index in [4.69, 9.17) is 4.74 Å². The summed E-state index contributed by atoms with van der Waals surface area (Å²) in [6.07, 6.45) is 1.33. The van der Waals surface area contributed by atoms with Gasteiger partial charge in [-0.05, 0) is 18.2 Å². The molecule has 2 aromatic rings. The van der Waals surface area contributed by atoms with Crippen LogP contribution in [0.1, 0.15) is 0 Å². The SMILES string of the molecule is COc1ccc(Nc2ccnc(F)c2)cc1F. The smallest absolute Gasteiger partial charge is 0.214 e. The first-order chi connectivity index (χ1) is 8.19. The largest absolute Gasteiger partial charge is 0.494 e. The first-order valence-corrected chi connectivity index (χ1v) is 4.91. The van der Waals surface area contributed by atoms with Gasteiger partial charge < -0.3 is 10.1 Å². The van der Waals surface area contributed by atoms with Gasteiger partial charge in [-0.1, -0.05) is 0 Å². The molecule has 1 N–H and O–H groups in total. The lowest BCUT2D eigenvalue weighted by Gasteiger charge is -2.08. The summed E-state index contributed by atoms with van der Waals surface area (Å²) in [5, 5.41) is 2.86. The van der Waals surface area contributed by atoms with Crippen molar-refractivity contribution in [2.45, 2.75) is 0 Å². The first-order valence-electron chi connectivity index (χ1n) is 4.91. The zero-order chi connectivity index (χ0) is 12.3. The first kappa shape index (κ1) is 11.3. The number of anilines is 2. The number of methoxy groups -OCH3 is 1. The Morgan fingerprint density at radius 3 is 2.53 bits per heavy atom. The molecule has 0 atom stereocenters. The molecule has 0 aliphatic rings. The number of ether oxygens (including phenoxy) is 1. The van der Waals surface area contributed by atoms with Crippen molar-refractivity contribution in [1.29, 1.82) is 0 Å². The molecular weight excluding hydrogens is 226 g/mol. The van der Waals surface area contributed by atoms with Gasteiger partial charge in [-0.25, -0.2) is 9.37 Å². The van der Waals surface area contributed by atoms with E-state index in [1.165, 1.54) is 31.5 Å². The highest BCUT2D eigenvalue weighted by atomic mass is 19.1. The molecule has 2 rings (SSSR count). The number of nitrogens with one attached hydrogen (secondary N) is 1. The van der Waals surface area contributed by atoms with E-state index in [1.807, 2.05) is 0 Å². The third-order valence-corrected chi connectivity index (χ3v) is 2.17. The summed E-state index contributed by atoms with van der Waals surface area (Å²) in [6.45, 7) is 0. The van der Waals surface area contributed by atoms with E-state index in [0.717, 1.165) is 0 Å². The van der Waals surface area contributed by atoms with E-state index in [0.29, 0.717) is 11.4 Å². The van der Waals surface area contributed by atoms with Crippen LogP contribution in [0.25, 0.3) is 0 Å². The van der Waals surface area contributed by atoms with Gasteiger partial charge in [0.2, 0.25) is 5.95 Å². The van der Waals surface area contributed by atoms with Crippen LogP contribution in [0, 0.1) is 11.8 Å². The fraction of sp³-hybridized carbons (Fsp3) is 0.0833. The van der Waals surface area contributed by atoms with E-state index >= 15 is 0 Å². The van der Waals surface area contributed by atoms with Crippen LogP contribution in [0.3, 0.4) is 0 Å². The molecule has 17 heavy (non-hydrogen) atoms. The average molecular weight is 236 g/mol. The third-order valence-electron chi connectivity index (χ3n) is 2.17. The molecule has 88 valence electrons. The average Bonchev–Trinajstić information content (AvgIpc) is 2.29. The predicted molar refractivity (Wildman–Crippen MR) is 60.4 cm³/mol. The maximum absolute atomic E-state index is 13.4. The second-order valence-electron chi connectivity index (χ2n) is 3.34. The molecule has 0 radical (unpaired) electrons. The van der Waals surface area contributed by atoms with E-state index in [9.17, 15) is 8.78 Å². The topological polar surface area (TPSA) is 34.1 Å². The molecule has 0 saturated carbocycles. The minimum atomic E-state index is -0.594. The number of benzene rings is 1. The minimum absolute atomic E-state index is 0.163. The molecule has 1 aromatic carbocycles. The Morgan fingerprint density at radius 2 is 1.88 bits per heavy atom. The maximum atomic E-state index is 13.4. The van der Waals surface area contributed by atoms with Crippen molar-refractivity contribution >= 4 is 11.4 Å². The predicted octanol–water partition coefficient (Wildman–Crippen LogP) is 3.11. The van der Waals surface area contributed by atoms with Crippen molar-refractivity contribution in [3.8, 4) is 5.75 Å². The number of nitrogens with zero attached hydrogens (tertiary/aromatic N) is 1. The van der Waals surface area contributed by atoms with Gasteiger partial charge >= 0.3 is 0 Å². The van der Waals surface area contributed by atoms with Crippen LogP contribution in [0.4, 0.5) is 20.2 Å². The van der Waals surface area contributed by atoms with E-state index in [-0.39, 0.29) is 5.75 Å². The Kier molecular flexibility index (Phi) is 3.18. The van der Waals surface area contributed by atoms with Crippen LogP contribution in [-0.4, -0.2) is 12.1 Å². The molecule has 0 saturated heterocycles. The Hall–Kier alpha value is -2.17. The number of halogens is 2. The summed E-state index contributed by atoms with van der Waals surface area (Å²) in [6, 6.07) is 7.22. The quantitative estimate of drug-likeness (QED) is 0.831. The zero-order valence-electron chi connectivity index (χ0n) is 9.08. The van der Waals surface area contributed by atoms with Crippen LogP contribution < -0.4 is 10.1 Å². The summed E-state index contributed by atoms with van der Waals surface area (Å²) < 4.78 is 31.0. The molecule has 0 amide bonds. The molecule has 0 fully saturated rings. The van der Waals surface area contributed by atoms with Gasteiger partial charge in [0.15, 0.2) is 11.6 Å². The van der Waals surface area contributed by atoms with Crippen molar-refractivity contribution in [3.05, 3.63) is 48.3 Å². The van der Waals surface area contributed by atoms with Crippen molar-refractivity contribution in [3.63, 3.8) is 0 Å². The van der Waals surface area contributed by atoms with Gasteiger partial charge in [0, 0.05) is 29.7 Å². The third kappa shape index (κ3) is 2.69. The van der Waals surface area contributed by atoms with Gasteiger partial charge in [-0.3, -0.25) is 0 Å². The highest BCUT2D eigenvalue weighted by Crippen LogP contribution is 2.23. The van der Waals surface area contributed by atoms with Crippen molar-refractivity contribution < 1.29 is 13.5 Å². The van der Waals surface area contributed by atoms with Gasteiger partial charge in [0.05, 0.1) is 7.11 Å².